The van der Waals surface area contributed by atoms with Gasteiger partial charge in [0.1, 0.15) is 0 Å². The molecule has 1 aliphatic carbocycles. The van der Waals surface area contributed by atoms with E-state index in [1.807, 2.05) is 28.8 Å². The second kappa shape index (κ2) is 9.81. The fourth-order valence-corrected chi connectivity index (χ4v) is 5.03. The van der Waals surface area contributed by atoms with Crippen LogP contribution in [0.3, 0.4) is 0 Å². The molecule has 0 radical (unpaired) electrons. The van der Waals surface area contributed by atoms with Crippen LogP contribution in [0.2, 0.25) is 0 Å². The minimum absolute atomic E-state index is 0.0795. The summed E-state index contributed by atoms with van der Waals surface area (Å²) in [6.07, 6.45) is 3.65. The number of aromatic nitrogens is 2. The summed E-state index contributed by atoms with van der Waals surface area (Å²) in [5, 5.41) is 2.92. The van der Waals surface area contributed by atoms with Crippen molar-refractivity contribution in [2.45, 2.75) is 52.5 Å². The molecule has 3 amide bonds. The molecule has 172 valence electrons. The van der Waals surface area contributed by atoms with Gasteiger partial charge < -0.3 is 9.47 Å². The fraction of sp³-hybridized carbons (Fsp3) is 0.583. The van der Waals surface area contributed by atoms with Crippen LogP contribution < -0.4 is 5.32 Å². The van der Waals surface area contributed by atoms with Crippen LogP contribution in [-0.4, -0.2) is 63.3 Å². The molecule has 2 aromatic rings. The van der Waals surface area contributed by atoms with E-state index in [-0.39, 0.29) is 42.5 Å². The van der Waals surface area contributed by atoms with Gasteiger partial charge in [-0.3, -0.25) is 24.6 Å². The lowest BCUT2D eigenvalue weighted by Crippen LogP contribution is -2.34. The van der Waals surface area contributed by atoms with E-state index in [4.69, 9.17) is 0 Å². The number of hydrogen-bond acceptors (Lipinski definition) is 5. The summed E-state index contributed by atoms with van der Waals surface area (Å²) in [6.45, 7) is 7.90. The minimum Gasteiger partial charge on any atom is -0.309 e. The predicted molar refractivity (Wildman–Crippen MR) is 123 cm³/mol. The fourth-order valence-electron chi connectivity index (χ4n) is 5.03. The number of carbonyl (C=O) groups is 3. The number of likely N-dealkylation sites (N-methyl/N-ethyl adjacent to an activating group) is 1. The number of imide groups is 1. The van der Waals surface area contributed by atoms with Gasteiger partial charge in [-0.2, -0.15) is 0 Å². The molecule has 0 bridgehead atoms. The zero-order valence-electron chi connectivity index (χ0n) is 19.0. The summed E-state index contributed by atoms with van der Waals surface area (Å²) in [4.78, 5) is 46.3. The molecule has 2 fully saturated rings. The molecule has 2 atom stereocenters. The van der Waals surface area contributed by atoms with Gasteiger partial charge in [0.15, 0.2) is 0 Å². The van der Waals surface area contributed by atoms with Crippen molar-refractivity contribution in [2.75, 3.05) is 31.5 Å². The highest BCUT2D eigenvalue weighted by atomic mass is 16.2. The summed E-state index contributed by atoms with van der Waals surface area (Å²) in [6, 6.07) is 7.83. The highest BCUT2D eigenvalue weighted by Crippen LogP contribution is 2.38. The topological polar surface area (TPSA) is 87.5 Å². The van der Waals surface area contributed by atoms with Gasteiger partial charge in [0, 0.05) is 26.1 Å². The first-order chi connectivity index (χ1) is 15.5. The number of imidazole rings is 1. The van der Waals surface area contributed by atoms with E-state index in [9.17, 15) is 14.4 Å². The molecule has 8 heteroatoms. The lowest BCUT2D eigenvalue weighted by atomic mass is 9.81. The average Bonchev–Trinajstić information content (AvgIpc) is 3.27. The molecule has 4 rings (SSSR count). The van der Waals surface area contributed by atoms with Crippen LogP contribution in [0.5, 0.6) is 0 Å². The molecule has 1 aromatic carbocycles. The van der Waals surface area contributed by atoms with Crippen molar-refractivity contribution >= 4 is 34.7 Å². The number of rotatable bonds is 9. The van der Waals surface area contributed by atoms with Gasteiger partial charge in [0.2, 0.25) is 23.7 Å². The van der Waals surface area contributed by atoms with Crippen molar-refractivity contribution in [3.05, 3.63) is 24.3 Å². The third kappa shape index (κ3) is 4.41. The number of benzene rings is 1. The maximum absolute atomic E-state index is 12.8. The number of likely N-dealkylation sites (tertiary alicyclic amines) is 1. The first-order valence-electron chi connectivity index (χ1n) is 11.9. The van der Waals surface area contributed by atoms with Crippen molar-refractivity contribution < 1.29 is 14.4 Å². The molecule has 8 nitrogen and oxygen atoms in total. The quantitative estimate of drug-likeness (QED) is 0.607. The third-order valence-electron chi connectivity index (χ3n) is 6.93. The van der Waals surface area contributed by atoms with Gasteiger partial charge in [0.05, 0.1) is 22.9 Å². The number of anilines is 1. The molecular weight excluding hydrogens is 406 g/mol. The Morgan fingerprint density at radius 2 is 1.72 bits per heavy atom. The summed E-state index contributed by atoms with van der Waals surface area (Å²) in [5.41, 5.74) is 1.81. The standard InChI is InChI=1S/C24H33N5O3/c1-3-27(4-2)15-16-28-20-12-8-7-11-19(20)25-24(28)26-21(30)13-14-29-22(31)17-9-5-6-10-18(17)23(29)32/h7-8,11-12,17-18H,3-6,9-10,13-16H2,1-2H3,(H,25,26,30). The normalized spacial score (nSPS) is 20.9. The van der Waals surface area contributed by atoms with Gasteiger partial charge in [0.25, 0.3) is 0 Å². The van der Waals surface area contributed by atoms with Gasteiger partial charge >= 0.3 is 0 Å². The molecule has 0 spiro atoms. The van der Waals surface area contributed by atoms with Gasteiger partial charge in [-0.05, 0) is 38.1 Å². The van der Waals surface area contributed by atoms with Crippen molar-refractivity contribution in [3.8, 4) is 0 Å². The van der Waals surface area contributed by atoms with Crippen LogP contribution in [0.15, 0.2) is 24.3 Å². The molecular formula is C24H33N5O3. The van der Waals surface area contributed by atoms with Crippen molar-refractivity contribution in [3.63, 3.8) is 0 Å². The van der Waals surface area contributed by atoms with E-state index in [0.29, 0.717) is 12.5 Å². The minimum atomic E-state index is -0.236. The highest BCUT2D eigenvalue weighted by molar-refractivity contribution is 6.05. The molecule has 1 aliphatic heterocycles. The maximum atomic E-state index is 12.8. The number of fused-ring (bicyclic) bond motifs is 2. The van der Waals surface area contributed by atoms with E-state index in [2.05, 4.69) is 29.0 Å². The molecule has 2 aliphatic rings. The molecule has 1 saturated carbocycles. The van der Waals surface area contributed by atoms with E-state index >= 15 is 0 Å². The number of hydrogen-bond donors (Lipinski definition) is 1. The lowest BCUT2D eigenvalue weighted by molar-refractivity contribution is -0.140. The Morgan fingerprint density at radius 1 is 1.06 bits per heavy atom. The molecule has 1 aromatic heterocycles. The average molecular weight is 440 g/mol. The smallest absolute Gasteiger partial charge is 0.233 e. The Hall–Kier alpha value is -2.74. The van der Waals surface area contributed by atoms with E-state index in [0.717, 1.165) is 56.4 Å². The Bertz CT molecular complexity index is 973. The predicted octanol–water partition coefficient (Wildman–Crippen LogP) is 2.88. The van der Waals surface area contributed by atoms with Crippen LogP contribution in [0, 0.1) is 11.8 Å². The number of carbonyl (C=O) groups excluding carboxylic acids is 3. The summed E-state index contributed by atoms with van der Waals surface area (Å²) in [7, 11) is 0. The second-order valence-electron chi connectivity index (χ2n) is 8.73. The van der Waals surface area contributed by atoms with Gasteiger partial charge in [-0.1, -0.05) is 38.8 Å². The number of nitrogens with one attached hydrogen (secondary N) is 1. The third-order valence-corrected chi connectivity index (χ3v) is 6.93. The largest absolute Gasteiger partial charge is 0.309 e. The monoisotopic (exact) mass is 439 g/mol. The molecule has 2 unspecified atom stereocenters. The van der Waals surface area contributed by atoms with Gasteiger partial charge in [-0.15, -0.1) is 0 Å². The van der Waals surface area contributed by atoms with Crippen LogP contribution in [-0.2, 0) is 20.9 Å². The Morgan fingerprint density at radius 3 is 2.38 bits per heavy atom. The number of amides is 3. The maximum Gasteiger partial charge on any atom is 0.233 e. The zero-order chi connectivity index (χ0) is 22.7. The second-order valence-corrected chi connectivity index (χ2v) is 8.73. The molecule has 32 heavy (non-hydrogen) atoms. The summed E-state index contributed by atoms with van der Waals surface area (Å²) in [5.74, 6) is -0.277. The van der Waals surface area contributed by atoms with Crippen molar-refractivity contribution in [2.24, 2.45) is 11.8 Å². The highest BCUT2D eigenvalue weighted by Gasteiger charge is 2.47. The van der Waals surface area contributed by atoms with E-state index < -0.39 is 0 Å². The number of nitrogens with zero attached hydrogens (tertiary/aromatic N) is 4. The zero-order valence-corrected chi connectivity index (χ0v) is 19.0. The van der Waals surface area contributed by atoms with Crippen molar-refractivity contribution in [1.29, 1.82) is 0 Å². The summed E-state index contributed by atoms with van der Waals surface area (Å²) < 4.78 is 2.03. The van der Waals surface area contributed by atoms with Crippen LogP contribution in [0.25, 0.3) is 11.0 Å². The Kier molecular flexibility index (Phi) is 6.89. The first-order valence-corrected chi connectivity index (χ1v) is 11.9. The number of para-hydroxylation sites is 2. The lowest BCUT2D eigenvalue weighted by Gasteiger charge is -2.19. The molecule has 1 N–H and O–H groups in total. The van der Waals surface area contributed by atoms with Gasteiger partial charge in [-0.25, -0.2) is 4.98 Å². The molecule has 1 saturated heterocycles. The summed E-state index contributed by atoms with van der Waals surface area (Å²) >= 11 is 0. The van der Waals surface area contributed by atoms with E-state index in [1.54, 1.807) is 0 Å². The molecule has 2 heterocycles. The van der Waals surface area contributed by atoms with Crippen molar-refractivity contribution in [1.82, 2.24) is 19.4 Å². The SMILES string of the molecule is CCN(CC)CCn1c(NC(=O)CCN2C(=O)C3CCCCC3C2=O)nc2ccccc21. The first kappa shape index (κ1) is 22.5. The Labute approximate surface area is 188 Å². The van der Waals surface area contributed by atoms with Crippen LogP contribution in [0.4, 0.5) is 5.95 Å². The van der Waals surface area contributed by atoms with Crippen LogP contribution >= 0.6 is 0 Å². The van der Waals surface area contributed by atoms with E-state index in [1.165, 1.54) is 4.90 Å². The van der Waals surface area contributed by atoms with Crippen LogP contribution in [0.1, 0.15) is 46.0 Å². The Balaban J connectivity index is 1.42.